The van der Waals surface area contributed by atoms with E-state index in [4.69, 9.17) is 5.73 Å². The zero-order valence-electron chi connectivity index (χ0n) is 10.8. The molecule has 0 unspecified atom stereocenters. The molecule has 0 aliphatic carbocycles. The van der Waals surface area contributed by atoms with E-state index < -0.39 is 0 Å². The normalized spacial score (nSPS) is 12.6. The van der Waals surface area contributed by atoms with Crippen molar-refractivity contribution >= 4 is 5.96 Å². The van der Waals surface area contributed by atoms with Crippen molar-refractivity contribution in [2.45, 2.75) is 20.3 Å². The summed E-state index contributed by atoms with van der Waals surface area (Å²) < 4.78 is 0. The van der Waals surface area contributed by atoms with Crippen LogP contribution in [0.25, 0.3) is 0 Å². The van der Waals surface area contributed by atoms with Crippen molar-refractivity contribution in [1.82, 2.24) is 9.80 Å². The monoisotopic (exact) mass is 214 g/mol. The molecule has 0 saturated heterocycles. The van der Waals surface area contributed by atoms with Gasteiger partial charge in [-0.05, 0) is 33.0 Å². The van der Waals surface area contributed by atoms with Crippen LogP contribution in [0.4, 0.5) is 0 Å². The van der Waals surface area contributed by atoms with Gasteiger partial charge in [0.2, 0.25) is 0 Å². The van der Waals surface area contributed by atoms with Gasteiger partial charge in [-0.15, -0.1) is 0 Å². The summed E-state index contributed by atoms with van der Waals surface area (Å²) >= 11 is 0. The van der Waals surface area contributed by atoms with E-state index in [9.17, 15) is 0 Å². The number of nitrogens with two attached hydrogens (primary N) is 1. The second-order valence-electron chi connectivity index (χ2n) is 4.67. The summed E-state index contributed by atoms with van der Waals surface area (Å²) in [5.41, 5.74) is 5.84. The fourth-order valence-electron chi connectivity index (χ4n) is 1.14. The van der Waals surface area contributed by atoms with Crippen LogP contribution in [0.5, 0.6) is 0 Å². The summed E-state index contributed by atoms with van der Waals surface area (Å²) in [5, 5.41) is 0. The predicted octanol–water partition coefficient (Wildman–Crippen LogP) is 0.841. The van der Waals surface area contributed by atoms with Crippen LogP contribution in [-0.4, -0.2) is 56.5 Å². The van der Waals surface area contributed by atoms with Gasteiger partial charge in [-0.2, -0.15) is 0 Å². The Hall–Kier alpha value is -0.770. The van der Waals surface area contributed by atoms with Crippen LogP contribution >= 0.6 is 0 Å². The van der Waals surface area contributed by atoms with Gasteiger partial charge < -0.3 is 15.5 Å². The molecule has 0 aliphatic heterocycles. The minimum Gasteiger partial charge on any atom is -0.370 e. The van der Waals surface area contributed by atoms with E-state index in [1.54, 1.807) is 0 Å². The number of guanidine groups is 1. The van der Waals surface area contributed by atoms with Crippen molar-refractivity contribution in [3.63, 3.8) is 0 Å². The zero-order valence-corrected chi connectivity index (χ0v) is 10.8. The molecule has 0 saturated carbocycles. The molecule has 0 rings (SSSR count). The van der Waals surface area contributed by atoms with Crippen molar-refractivity contribution in [1.29, 1.82) is 0 Å². The Balaban J connectivity index is 3.77. The molecule has 90 valence electrons. The van der Waals surface area contributed by atoms with Crippen LogP contribution in [0, 0.1) is 5.92 Å². The highest BCUT2D eigenvalue weighted by Crippen LogP contribution is 1.94. The molecule has 0 radical (unpaired) electrons. The Labute approximate surface area is 94.1 Å². The average molecular weight is 214 g/mol. The van der Waals surface area contributed by atoms with Gasteiger partial charge in [0.15, 0.2) is 5.96 Å². The molecule has 4 heteroatoms. The number of hydrogen-bond acceptors (Lipinski definition) is 2. The van der Waals surface area contributed by atoms with Gasteiger partial charge in [-0.1, -0.05) is 13.8 Å². The van der Waals surface area contributed by atoms with Crippen LogP contribution in [0.3, 0.4) is 0 Å². The molecule has 2 N–H and O–H groups in total. The third-order valence-electron chi connectivity index (χ3n) is 2.11. The Morgan fingerprint density at radius 3 is 2.27 bits per heavy atom. The largest absolute Gasteiger partial charge is 0.370 e. The maximum atomic E-state index is 5.84. The van der Waals surface area contributed by atoms with E-state index in [1.165, 1.54) is 0 Å². The van der Waals surface area contributed by atoms with Crippen molar-refractivity contribution in [3.05, 3.63) is 0 Å². The lowest BCUT2D eigenvalue weighted by Crippen LogP contribution is -2.36. The lowest BCUT2D eigenvalue weighted by atomic mass is 10.2. The van der Waals surface area contributed by atoms with E-state index in [0.29, 0.717) is 11.9 Å². The summed E-state index contributed by atoms with van der Waals surface area (Å²) in [7, 11) is 6.15. The van der Waals surface area contributed by atoms with E-state index >= 15 is 0 Å². The summed E-state index contributed by atoms with van der Waals surface area (Å²) in [4.78, 5) is 8.52. The highest BCUT2D eigenvalue weighted by Gasteiger charge is 2.01. The molecule has 0 aromatic heterocycles. The average Bonchev–Trinajstić information content (AvgIpc) is 2.13. The Morgan fingerprint density at radius 1 is 1.20 bits per heavy atom. The molecule has 0 atom stereocenters. The summed E-state index contributed by atoms with van der Waals surface area (Å²) in [6, 6.07) is 0. The molecule has 0 aromatic rings. The molecule has 15 heavy (non-hydrogen) atoms. The van der Waals surface area contributed by atoms with E-state index in [1.807, 2.05) is 11.9 Å². The fraction of sp³-hybridized carbons (Fsp3) is 0.909. The summed E-state index contributed by atoms with van der Waals surface area (Å²) in [6.07, 6.45) is 1.11. The Kier molecular flexibility index (Phi) is 7.13. The predicted molar refractivity (Wildman–Crippen MR) is 67.1 cm³/mol. The second-order valence-corrected chi connectivity index (χ2v) is 4.67. The van der Waals surface area contributed by atoms with Gasteiger partial charge in [0.1, 0.15) is 0 Å². The molecule has 0 aliphatic rings. The first kappa shape index (κ1) is 14.2. The third-order valence-corrected chi connectivity index (χ3v) is 2.11. The SMILES string of the molecule is CC(C)CN=C(N)N(C)CCCN(C)C. The molecule has 0 bridgehead atoms. The van der Waals surface area contributed by atoms with Crippen LogP contribution < -0.4 is 5.73 Å². The lowest BCUT2D eigenvalue weighted by molar-refractivity contribution is 0.368. The number of nitrogens with zero attached hydrogens (tertiary/aromatic N) is 3. The van der Waals surface area contributed by atoms with Gasteiger partial charge in [-0.25, -0.2) is 0 Å². The topological polar surface area (TPSA) is 44.9 Å². The molecule has 0 amide bonds. The molecule has 0 heterocycles. The van der Waals surface area contributed by atoms with Gasteiger partial charge in [0.05, 0.1) is 0 Å². The second kappa shape index (κ2) is 7.51. The summed E-state index contributed by atoms with van der Waals surface area (Å²) in [5.74, 6) is 1.22. The standard InChI is InChI=1S/C11H26N4/c1-10(2)9-13-11(12)15(5)8-6-7-14(3)4/h10H,6-9H2,1-5H3,(H2,12,13). The van der Waals surface area contributed by atoms with E-state index in [-0.39, 0.29) is 0 Å². The smallest absolute Gasteiger partial charge is 0.190 e. The minimum atomic E-state index is 0.568. The third kappa shape index (κ3) is 8.24. The molecular weight excluding hydrogens is 188 g/mol. The van der Waals surface area contributed by atoms with Gasteiger partial charge in [0.25, 0.3) is 0 Å². The first-order valence-electron chi connectivity index (χ1n) is 5.59. The maximum Gasteiger partial charge on any atom is 0.190 e. The highest BCUT2D eigenvalue weighted by molar-refractivity contribution is 5.77. The van der Waals surface area contributed by atoms with Crippen LogP contribution in [0.15, 0.2) is 4.99 Å². The van der Waals surface area contributed by atoms with Crippen LogP contribution in [-0.2, 0) is 0 Å². The Bertz CT molecular complexity index is 187. The minimum absolute atomic E-state index is 0.568. The molecule has 0 aromatic carbocycles. The van der Waals surface area contributed by atoms with E-state index in [0.717, 1.165) is 26.1 Å². The molecule has 0 fully saturated rings. The van der Waals surface area contributed by atoms with Gasteiger partial charge in [-0.3, -0.25) is 4.99 Å². The lowest BCUT2D eigenvalue weighted by Gasteiger charge is -2.19. The Morgan fingerprint density at radius 2 is 1.80 bits per heavy atom. The molecular formula is C11H26N4. The molecule has 4 nitrogen and oxygen atoms in total. The number of hydrogen-bond donors (Lipinski definition) is 1. The van der Waals surface area contributed by atoms with Crippen molar-refractivity contribution in [2.24, 2.45) is 16.6 Å². The molecule has 0 spiro atoms. The van der Waals surface area contributed by atoms with Crippen LogP contribution in [0.2, 0.25) is 0 Å². The first-order valence-corrected chi connectivity index (χ1v) is 5.59. The van der Waals surface area contributed by atoms with Gasteiger partial charge in [0, 0.05) is 20.1 Å². The quantitative estimate of drug-likeness (QED) is 0.526. The number of aliphatic imine (C=N–C) groups is 1. The number of rotatable bonds is 6. The zero-order chi connectivity index (χ0) is 11.8. The van der Waals surface area contributed by atoms with Crippen molar-refractivity contribution < 1.29 is 0 Å². The van der Waals surface area contributed by atoms with E-state index in [2.05, 4.69) is 37.8 Å². The summed E-state index contributed by atoms with van der Waals surface area (Å²) in [6.45, 7) is 7.14. The van der Waals surface area contributed by atoms with Crippen molar-refractivity contribution in [2.75, 3.05) is 40.8 Å². The van der Waals surface area contributed by atoms with Crippen molar-refractivity contribution in [3.8, 4) is 0 Å². The maximum absolute atomic E-state index is 5.84. The van der Waals surface area contributed by atoms with Crippen LogP contribution in [0.1, 0.15) is 20.3 Å². The van der Waals surface area contributed by atoms with Gasteiger partial charge >= 0.3 is 0 Å². The first-order chi connectivity index (χ1) is 6.93. The fourth-order valence-corrected chi connectivity index (χ4v) is 1.14. The highest BCUT2D eigenvalue weighted by atomic mass is 15.2.